The summed E-state index contributed by atoms with van der Waals surface area (Å²) < 4.78 is 11.2. The summed E-state index contributed by atoms with van der Waals surface area (Å²) in [6.07, 6.45) is 2.37. The number of amides is 3. The minimum absolute atomic E-state index is 0.00410. The summed E-state index contributed by atoms with van der Waals surface area (Å²) in [6.45, 7) is 7.52. The number of urea groups is 1. The van der Waals surface area contributed by atoms with Crippen molar-refractivity contribution in [2.45, 2.75) is 32.2 Å². The molecule has 8 nitrogen and oxygen atoms in total. The van der Waals surface area contributed by atoms with Crippen molar-refractivity contribution < 1.29 is 18.7 Å². The van der Waals surface area contributed by atoms with E-state index < -0.39 is 0 Å². The molecular formula is C19H30N4O4. The lowest BCUT2D eigenvalue weighted by Gasteiger charge is -2.33. The number of rotatable bonds is 8. The van der Waals surface area contributed by atoms with E-state index in [-0.39, 0.29) is 18.0 Å². The zero-order chi connectivity index (χ0) is 19.1. The molecule has 0 bridgehead atoms. The number of aryl methyl sites for hydroxylation is 1. The van der Waals surface area contributed by atoms with Gasteiger partial charge in [0.25, 0.3) is 0 Å². The highest BCUT2D eigenvalue weighted by atomic mass is 16.5. The van der Waals surface area contributed by atoms with Crippen molar-refractivity contribution in [3.8, 4) is 0 Å². The Hall–Kier alpha value is -2.06. The van der Waals surface area contributed by atoms with Gasteiger partial charge in [-0.25, -0.2) is 4.79 Å². The summed E-state index contributed by atoms with van der Waals surface area (Å²) in [5.41, 5.74) is 0. The van der Waals surface area contributed by atoms with Gasteiger partial charge >= 0.3 is 6.03 Å². The Kier molecular flexibility index (Phi) is 7.11. The molecule has 0 spiro atoms. The summed E-state index contributed by atoms with van der Waals surface area (Å²) in [4.78, 5) is 27.9. The van der Waals surface area contributed by atoms with Crippen molar-refractivity contribution in [2.24, 2.45) is 0 Å². The molecule has 3 heterocycles. The topological polar surface area (TPSA) is 87.1 Å². The molecule has 27 heavy (non-hydrogen) atoms. The van der Waals surface area contributed by atoms with Crippen LogP contribution >= 0.6 is 0 Å². The second-order valence-corrected chi connectivity index (χ2v) is 7.09. The van der Waals surface area contributed by atoms with Crippen molar-refractivity contribution in [3.05, 3.63) is 23.7 Å². The van der Waals surface area contributed by atoms with Crippen LogP contribution in [0.5, 0.6) is 0 Å². The summed E-state index contributed by atoms with van der Waals surface area (Å²) in [6, 6.07) is 3.73. The molecule has 2 aliphatic rings. The molecule has 2 fully saturated rings. The lowest BCUT2D eigenvalue weighted by molar-refractivity contribution is -0.127. The molecule has 1 unspecified atom stereocenters. The van der Waals surface area contributed by atoms with Crippen molar-refractivity contribution in [1.82, 2.24) is 20.4 Å². The molecule has 150 valence electrons. The first-order valence-electron chi connectivity index (χ1n) is 9.81. The number of furan rings is 1. The first-order valence-corrected chi connectivity index (χ1v) is 9.81. The van der Waals surface area contributed by atoms with Gasteiger partial charge < -0.3 is 24.7 Å². The molecule has 0 aliphatic carbocycles. The smallest absolute Gasteiger partial charge is 0.314 e. The van der Waals surface area contributed by atoms with Crippen LogP contribution in [0.15, 0.2) is 16.5 Å². The van der Waals surface area contributed by atoms with Gasteiger partial charge in [-0.3, -0.25) is 9.69 Å². The second-order valence-electron chi connectivity index (χ2n) is 7.09. The Morgan fingerprint density at radius 2 is 2.04 bits per heavy atom. The number of hydrogen-bond acceptors (Lipinski definition) is 5. The van der Waals surface area contributed by atoms with Crippen LogP contribution in [0.1, 0.15) is 36.8 Å². The maximum Gasteiger partial charge on any atom is 0.314 e. The number of ether oxygens (including phenoxy) is 1. The molecule has 1 aromatic rings. The van der Waals surface area contributed by atoms with Gasteiger partial charge in [0.15, 0.2) is 0 Å². The number of likely N-dealkylation sites (tertiary alicyclic amines) is 1. The zero-order valence-electron chi connectivity index (χ0n) is 16.0. The van der Waals surface area contributed by atoms with Gasteiger partial charge in [0, 0.05) is 45.7 Å². The van der Waals surface area contributed by atoms with E-state index >= 15 is 0 Å². The quantitative estimate of drug-likeness (QED) is 0.666. The van der Waals surface area contributed by atoms with E-state index in [1.807, 2.05) is 24.0 Å². The van der Waals surface area contributed by atoms with Crippen molar-refractivity contribution >= 4 is 11.9 Å². The summed E-state index contributed by atoms with van der Waals surface area (Å²) in [5.74, 6) is 1.95. The first-order chi connectivity index (χ1) is 13.1. The molecule has 2 aliphatic heterocycles. The first kappa shape index (κ1) is 19.7. The van der Waals surface area contributed by atoms with Crippen molar-refractivity contribution in [3.63, 3.8) is 0 Å². The fourth-order valence-electron chi connectivity index (χ4n) is 3.60. The fourth-order valence-corrected chi connectivity index (χ4v) is 3.60. The summed E-state index contributed by atoms with van der Waals surface area (Å²) in [7, 11) is 0. The number of morpholine rings is 1. The maximum atomic E-state index is 12.2. The average molecular weight is 378 g/mol. The van der Waals surface area contributed by atoms with E-state index in [2.05, 4.69) is 15.5 Å². The molecule has 0 radical (unpaired) electrons. The number of carbonyl (C=O) groups excluding carboxylic acids is 2. The Morgan fingerprint density at radius 1 is 1.22 bits per heavy atom. The molecule has 0 saturated carbocycles. The highest BCUT2D eigenvalue weighted by Gasteiger charge is 2.25. The zero-order valence-corrected chi connectivity index (χ0v) is 16.0. The van der Waals surface area contributed by atoms with E-state index in [0.29, 0.717) is 39.3 Å². The molecule has 3 amide bonds. The van der Waals surface area contributed by atoms with Crippen LogP contribution in [0, 0.1) is 6.92 Å². The lowest BCUT2D eigenvalue weighted by atomic mass is 10.1. The van der Waals surface area contributed by atoms with E-state index in [1.165, 1.54) is 0 Å². The van der Waals surface area contributed by atoms with Crippen molar-refractivity contribution in [2.75, 3.05) is 52.5 Å². The van der Waals surface area contributed by atoms with Crippen LogP contribution in [0.4, 0.5) is 4.79 Å². The number of nitrogens with zero attached hydrogens (tertiary/aromatic N) is 2. The van der Waals surface area contributed by atoms with Crippen LogP contribution < -0.4 is 10.6 Å². The van der Waals surface area contributed by atoms with Crippen LogP contribution in [0.3, 0.4) is 0 Å². The number of nitrogens with one attached hydrogen (secondary N) is 2. The molecule has 2 saturated heterocycles. The minimum atomic E-state index is -0.190. The SMILES string of the molecule is Cc1ccc(C(CNC(=O)NCCCN2CCCC2=O)N2CCOCC2)o1. The molecule has 8 heteroatoms. The molecular weight excluding hydrogens is 348 g/mol. The monoisotopic (exact) mass is 378 g/mol. The van der Waals surface area contributed by atoms with Gasteiger partial charge in [-0.2, -0.15) is 0 Å². The Bertz CT molecular complexity index is 627. The third kappa shape index (κ3) is 5.71. The average Bonchev–Trinajstić information content (AvgIpc) is 3.28. The van der Waals surface area contributed by atoms with Crippen molar-refractivity contribution in [1.29, 1.82) is 0 Å². The lowest BCUT2D eigenvalue weighted by Crippen LogP contribution is -2.46. The van der Waals surface area contributed by atoms with Gasteiger partial charge in [-0.15, -0.1) is 0 Å². The summed E-state index contributed by atoms with van der Waals surface area (Å²) in [5, 5.41) is 5.83. The Morgan fingerprint density at radius 3 is 2.70 bits per heavy atom. The van der Waals surface area contributed by atoms with E-state index in [0.717, 1.165) is 44.0 Å². The normalized spacial score (nSPS) is 19.3. The van der Waals surface area contributed by atoms with E-state index in [4.69, 9.17) is 9.15 Å². The number of carbonyl (C=O) groups is 2. The van der Waals surface area contributed by atoms with Crippen LogP contribution in [0.2, 0.25) is 0 Å². The largest absolute Gasteiger partial charge is 0.465 e. The predicted octanol–water partition coefficient (Wildman–Crippen LogP) is 1.27. The fraction of sp³-hybridized carbons (Fsp3) is 0.684. The van der Waals surface area contributed by atoms with Crippen LogP contribution in [0.25, 0.3) is 0 Å². The van der Waals surface area contributed by atoms with E-state index in [1.54, 1.807) is 0 Å². The number of hydrogen-bond donors (Lipinski definition) is 2. The highest BCUT2D eigenvalue weighted by Crippen LogP contribution is 2.23. The van der Waals surface area contributed by atoms with Crippen LogP contribution in [-0.4, -0.2) is 74.2 Å². The standard InChI is InChI=1S/C19H30N4O4/c1-15-5-6-17(27-15)16(22-10-12-26-13-11-22)14-21-19(25)20-7-3-9-23-8-2-4-18(23)24/h5-6,16H,2-4,7-14H2,1H3,(H2,20,21,25). The van der Waals surface area contributed by atoms with E-state index in [9.17, 15) is 9.59 Å². The third-order valence-corrected chi connectivity index (χ3v) is 5.09. The second kappa shape index (κ2) is 9.75. The molecule has 1 aromatic heterocycles. The molecule has 1 atom stereocenters. The van der Waals surface area contributed by atoms with Gasteiger partial charge in [0.05, 0.1) is 19.3 Å². The molecule has 0 aromatic carbocycles. The summed E-state index contributed by atoms with van der Waals surface area (Å²) >= 11 is 0. The van der Waals surface area contributed by atoms with Gasteiger partial charge in [-0.1, -0.05) is 0 Å². The third-order valence-electron chi connectivity index (χ3n) is 5.09. The maximum absolute atomic E-state index is 12.2. The van der Waals surface area contributed by atoms with Gasteiger partial charge in [0.1, 0.15) is 11.5 Å². The Labute approximate surface area is 160 Å². The minimum Gasteiger partial charge on any atom is -0.465 e. The molecule has 2 N–H and O–H groups in total. The van der Waals surface area contributed by atoms with Gasteiger partial charge in [0.2, 0.25) is 5.91 Å². The predicted molar refractivity (Wildman–Crippen MR) is 100 cm³/mol. The Balaban J connectivity index is 1.42. The van der Waals surface area contributed by atoms with Crippen LogP contribution in [-0.2, 0) is 9.53 Å². The molecule has 3 rings (SSSR count). The highest BCUT2D eigenvalue weighted by molar-refractivity contribution is 5.78. The van der Waals surface area contributed by atoms with Gasteiger partial charge in [-0.05, 0) is 31.9 Å².